The van der Waals surface area contributed by atoms with Gasteiger partial charge in [0.25, 0.3) is 0 Å². The van der Waals surface area contributed by atoms with Crippen molar-refractivity contribution in [3.8, 4) is 0 Å². The van der Waals surface area contributed by atoms with Crippen LogP contribution in [0, 0.1) is 0 Å². The average molecular weight is 216 g/mol. The third kappa shape index (κ3) is 3.16. The second kappa shape index (κ2) is 5.83. The van der Waals surface area contributed by atoms with Gasteiger partial charge in [0.05, 0.1) is 12.7 Å². The van der Waals surface area contributed by atoms with Gasteiger partial charge in [0.15, 0.2) is 0 Å². The van der Waals surface area contributed by atoms with Gasteiger partial charge in [0, 0.05) is 6.61 Å². The standard InChI is InChI=1S/C12H24O3/c1-4-6-8-15-12(7-5-2,10(3)13)11-9-14-11/h10-11,13H,4-9H2,1-3H3. The van der Waals surface area contributed by atoms with Gasteiger partial charge in [-0.1, -0.05) is 26.7 Å². The van der Waals surface area contributed by atoms with Gasteiger partial charge in [-0.3, -0.25) is 0 Å². The largest absolute Gasteiger partial charge is 0.390 e. The minimum absolute atomic E-state index is 0.106. The lowest BCUT2D eigenvalue weighted by atomic mass is 9.88. The van der Waals surface area contributed by atoms with Gasteiger partial charge in [-0.15, -0.1) is 0 Å². The minimum atomic E-state index is -0.457. The van der Waals surface area contributed by atoms with Crippen molar-refractivity contribution >= 4 is 0 Å². The van der Waals surface area contributed by atoms with E-state index in [1.165, 1.54) is 0 Å². The van der Waals surface area contributed by atoms with E-state index in [0.717, 1.165) is 38.9 Å². The number of aliphatic hydroxyl groups excluding tert-OH is 1. The Balaban J connectivity index is 2.55. The van der Waals surface area contributed by atoms with Crippen molar-refractivity contribution in [2.45, 2.75) is 64.3 Å². The quantitative estimate of drug-likeness (QED) is 0.499. The van der Waals surface area contributed by atoms with E-state index in [4.69, 9.17) is 9.47 Å². The fourth-order valence-electron chi connectivity index (χ4n) is 2.05. The Morgan fingerprint density at radius 2 is 2.13 bits per heavy atom. The molecule has 1 aliphatic rings. The Morgan fingerprint density at radius 3 is 2.53 bits per heavy atom. The number of epoxide rings is 1. The summed E-state index contributed by atoms with van der Waals surface area (Å²) in [6, 6.07) is 0. The topological polar surface area (TPSA) is 42.0 Å². The Morgan fingerprint density at radius 1 is 1.47 bits per heavy atom. The van der Waals surface area contributed by atoms with Crippen LogP contribution >= 0.6 is 0 Å². The van der Waals surface area contributed by atoms with E-state index in [2.05, 4.69) is 13.8 Å². The van der Waals surface area contributed by atoms with Crippen LogP contribution < -0.4 is 0 Å². The highest BCUT2D eigenvalue weighted by Gasteiger charge is 2.50. The van der Waals surface area contributed by atoms with E-state index in [1.807, 2.05) is 6.92 Å². The first-order chi connectivity index (χ1) is 7.17. The second-order valence-electron chi connectivity index (χ2n) is 4.40. The fourth-order valence-corrected chi connectivity index (χ4v) is 2.05. The summed E-state index contributed by atoms with van der Waals surface area (Å²) in [7, 11) is 0. The fraction of sp³-hybridized carbons (Fsp3) is 1.00. The maximum absolute atomic E-state index is 9.90. The van der Waals surface area contributed by atoms with E-state index in [0.29, 0.717) is 0 Å². The highest BCUT2D eigenvalue weighted by molar-refractivity contribution is 4.99. The van der Waals surface area contributed by atoms with Crippen molar-refractivity contribution in [2.24, 2.45) is 0 Å². The van der Waals surface area contributed by atoms with Crippen molar-refractivity contribution in [2.75, 3.05) is 13.2 Å². The van der Waals surface area contributed by atoms with Crippen molar-refractivity contribution in [3.63, 3.8) is 0 Å². The third-order valence-corrected chi connectivity index (χ3v) is 3.09. The van der Waals surface area contributed by atoms with E-state index >= 15 is 0 Å². The van der Waals surface area contributed by atoms with Crippen LogP contribution in [0.15, 0.2) is 0 Å². The molecule has 0 aliphatic carbocycles. The maximum atomic E-state index is 9.90. The molecule has 0 aromatic heterocycles. The van der Waals surface area contributed by atoms with Crippen LogP contribution in [0.1, 0.15) is 46.5 Å². The van der Waals surface area contributed by atoms with Gasteiger partial charge in [-0.2, -0.15) is 0 Å². The Bertz CT molecular complexity index is 174. The summed E-state index contributed by atoms with van der Waals surface area (Å²) in [5.74, 6) is 0. The molecule has 1 heterocycles. The molecule has 0 spiro atoms. The van der Waals surface area contributed by atoms with E-state index in [-0.39, 0.29) is 6.10 Å². The number of rotatable bonds is 8. The summed E-state index contributed by atoms with van der Waals surface area (Å²) < 4.78 is 11.3. The van der Waals surface area contributed by atoms with E-state index in [1.54, 1.807) is 0 Å². The predicted octanol–water partition coefficient (Wildman–Crippen LogP) is 2.12. The Hall–Kier alpha value is -0.120. The summed E-state index contributed by atoms with van der Waals surface area (Å²) in [5.41, 5.74) is -0.454. The molecule has 1 N–H and O–H groups in total. The zero-order valence-corrected chi connectivity index (χ0v) is 10.2. The zero-order chi connectivity index (χ0) is 11.3. The molecular weight excluding hydrogens is 192 g/mol. The lowest BCUT2D eigenvalue weighted by Gasteiger charge is -2.35. The van der Waals surface area contributed by atoms with Crippen molar-refractivity contribution in [1.82, 2.24) is 0 Å². The molecule has 0 bridgehead atoms. The number of hydrogen-bond donors (Lipinski definition) is 1. The molecule has 3 unspecified atom stereocenters. The first-order valence-corrected chi connectivity index (χ1v) is 6.11. The summed E-state index contributed by atoms with van der Waals surface area (Å²) >= 11 is 0. The first kappa shape index (κ1) is 12.9. The Kier molecular flexibility index (Phi) is 5.03. The molecular formula is C12H24O3. The number of ether oxygens (including phenoxy) is 2. The molecule has 0 aromatic carbocycles. The van der Waals surface area contributed by atoms with Crippen molar-refractivity contribution in [1.29, 1.82) is 0 Å². The molecule has 0 amide bonds. The third-order valence-electron chi connectivity index (χ3n) is 3.09. The zero-order valence-electron chi connectivity index (χ0n) is 10.2. The molecule has 1 fully saturated rings. The predicted molar refractivity (Wildman–Crippen MR) is 59.9 cm³/mol. The molecule has 0 radical (unpaired) electrons. The van der Waals surface area contributed by atoms with Crippen LogP contribution in [-0.2, 0) is 9.47 Å². The molecule has 0 aromatic rings. The molecule has 3 atom stereocenters. The van der Waals surface area contributed by atoms with Gasteiger partial charge >= 0.3 is 0 Å². The number of unbranched alkanes of at least 4 members (excludes halogenated alkanes) is 1. The smallest absolute Gasteiger partial charge is 0.122 e. The highest BCUT2D eigenvalue weighted by Crippen LogP contribution is 2.35. The molecule has 3 heteroatoms. The SMILES string of the molecule is CCCCOC(CCC)(C(C)O)C1CO1. The lowest BCUT2D eigenvalue weighted by molar-refractivity contribution is -0.136. The van der Waals surface area contributed by atoms with E-state index < -0.39 is 11.7 Å². The number of hydrogen-bond acceptors (Lipinski definition) is 3. The van der Waals surface area contributed by atoms with E-state index in [9.17, 15) is 5.11 Å². The van der Waals surface area contributed by atoms with Crippen LogP contribution in [0.25, 0.3) is 0 Å². The minimum Gasteiger partial charge on any atom is -0.390 e. The molecule has 15 heavy (non-hydrogen) atoms. The molecule has 1 rings (SSSR count). The molecule has 1 aliphatic heterocycles. The Labute approximate surface area is 92.8 Å². The highest BCUT2D eigenvalue weighted by atomic mass is 16.6. The molecule has 1 saturated heterocycles. The summed E-state index contributed by atoms with van der Waals surface area (Å²) in [5, 5.41) is 9.90. The van der Waals surface area contributed by atoms with Crippen molar-refractivity contribution < 1.29 is 14.6 Å². The molecule has 3 nitrogen and oxygen atoms in total. The van der Waals surface area contributed by atoms with Gasteiger partial charge < -0.3 is 14.6 Å². The maximum Gasteiger partial charge on any atom is 0.122 e. The lowest BCUT2D eigenvalue weighted by Crippen LogP contribution is -2.48. The van der Waals surface area contributed by atoms with Crippen LogP contribution in [-0.4, -0.2) is 36.1 Å². The average Bonchev–Trinajstić information content (AvgIpc) is 3.00. The van der Waals surface area contributed by atoms with Crippen LogP contribution in [0.2, 0.25) is 0 Å². The molecule has 0 saturated carbocycles. The van der Waals surface area contributed by atoms with Gasteiger partial charge in [-0.25, -0.2) is 0 Å². The van der Waals surface area contributed by atoms with Crippen molar-refractivity contribution in [3.05, 3.63) is 0 Å². The summed E-state index contributed by atoms with van der Waals surface area (Å²) in [6.07, 6.45) is 3.70. The van der Waals surface area contributed by atoms with Gasteiger partial charge in [-0.05, 0) is 19.8 Å². The molecule has 90 valence electrons. The van der Waals surface area contributed by atoms with Crippen LogP contribution in [0.5, 0.6) is 0 Å². The van der Waals surface area contributed by atoms with Crippen LogP contribution in [0.4, 0.5) is 0 Å². The normalized spacial score (nSPS) is 26.0. The monoisotopic (exact) mass is 216 g/mol. The first-order valence-electron chi connectivity index (χ1n) is 6.11. The second-order valence-corrected chi connectivity index (χ2v) is 4.40. The summed E-state index contributed by atoms with van der Waals surface area (Å²) in [6.45, 7) is 7.52. The number of aliphatic hydroxyl groups is 1. The van der Waals surface area contributed by atoms with Gasteiger partial charge in [0.1, 0.15) is 11.7 Å². The van der Waals surface area contributed by atoms with Crippen LogP contribution in [0.3, 0.4) is 0 Å². The summed E-state index contributed by atoms with van der Waals surface area (Å²) in [4.78, 5) is 0. The van der Waals surface area contributed by atoms with Gasteiger partial charge in [0.2, 0.25) is 0 Å².